The van der Waals surface area contributed by atoms with Crippen LogP contribution in [0.15, 0.2) is 17.3 Å². The summed E-state index contributed by atoms with van der Waals surface area (Å²) in [6.07, 6.45) is 2.82. The van der Waals surface area contributed by atoms with E-state index in [1.165, 1.54) is 12.3 Å². The Kier molecular flexibility index (Phi) is 4.67. The molecule has 0 spiro atoms. The first-order valence-corrected chi connectivity index (χ1v) is 6.96. The highest BCUT2D eigenvalue weighted by Crippen LogP contribution is 2.21. The van der Waals surface area contributed by atoms with Crippen LogP contribution in [0.2, 0.25) is 0 Å². The van der Waals surface area contributed by atoms with E-state index >= 15 is 0 Å². The van der Waals surface area contributed by atoms with Crippen molar-refractivity contribution in [2.24, 2.45) is 5.41 Å². The van der Waals surface area contributed by atoms with Gasteiger partial charge in [0.25, 0.3) is 10.0 Å². The van der Waals surface area contributed by atoms with Crippen LogP contribution in [0.3, 0.4) is 0 Å². The van der Waals surface area contributed by atoms with E-state index in [1.54, 1.807) is 0 Å². The first-order chi connectivity index (χ1) is 7.87. The predicted molar refractivity (Wildman–Crippen MR) is 63.9 cm³/mol. The summed E-state index contributed by atoms with van der Waals surface area (Å²) >= 11 is 0. The second kappa shape index (κ2) is 5.61. The third-order valence-electron chi connectivity index (χ3n) is 2.52. The van der Waals surface area contributed by atoms with Gasteiger partial charge in [0.2, 0.25) is 0 Å². The largest absolute Gasteiger partial charge is 0.396 e. The van der Waals surface area contributed by atoms with Crippen LogP contribution in [-0.2, 0) is 10.0 Å². The highest BCUT2D eigenvalue weighted by atomic mass is 32.2. The molecule has 0 saturated carbocycles. The van der Waals surface area contributed by atoms with Crippen molar-refractivity contribution in [2.45, 2.75) is 31.7 Å². The van der Waals surface area contributed by atoms with Gasteiger partial charge in [-0.1, -0.05) is 13.8 Å². The van der Waals surface area contributed by atoms with E-state index < -0.39 is 10.0 Å². The number of aromatic amines is 1. The van der Waals surface area contributed by atoms with E-state index in [0.717, 1.165) is 6.42 Å². The molecule has 0 radical (unpaired) electrons. The Labute approximate surface area is 101 Å². The number of aromatic nitrogens is 2. The van der Waals surface area contributed by atoms with Gasteiger partial charge in [-0.25, -0.2) is 13.1 Å². The second-order valence-electron chi connectivity index (χ2n) is 4.74. The molecule has 1 heterocycles. The van der Waals surface area contributed by atoms with Crippen LogP contribution < -0.4 is 4.72 Å². The van der Waals surface area contributed by atoms with Crippen LogP contribution in [0.1, 0.15) is 26.7 Å². The average Bonchev–Trinajstić information content (AvgIpc) is 2.78. The molecule has 0 aliphatic carbocycles. The molecule has 6 nitrogen and oxygen atoms in total. The molecule has 17 heavy (non-hydrogen) atoms. The molecule has 0 bridgehead atoms. The summed E-state index contributed by atoms with van der Waals surface area (Å²) in [5, 5.41) is 14.8. The quantitative estimate of drug-likeness (QED) is 0.665. The topological polar surface area (TPSA) is 95.1 Å². The van der Waals surface area contributed by atoms with E-state index in [2.05, 4.69) is 14.9 Å². The Morgan fingerprint density at radius 3 is 2.76 bits per heavy atom. The molecule has 0 saturated heterocycles. The molecule has 0 amide bonds. The SMILES string of the molecule is CC(C)(CCCO)CNS(=O)(=O)c1ccn[nH]1. The van der Waals surface area contributed by atoms with Gasteiger partial charge < -0.3 is 5.11 Å². The Bertz CT molecular complexity index is 426. The Balaban J connectivity index is 2.56. The normalized spacial score (nSPS) is 12.9. The Morgan fingerprint density at radius 2 is 2.24 bits per heavy atom. The van der Waals surface area contributed by atoms with E-state index in [0.29, 0.717) is 13.0 Å². The van der Waals surface area contributed by atoms with Crippen molar-refractivity contribution < 1.29 is 13.5 Å². The Morgan fingerprint density at radius 1 is 1.53 bits per heavy atom. The van der Waals surface area contributed by atoms with Gasteiger partial charge in [-0.2, -0.15) is 5.10 Å². The zero-order chi connectivity index (χ0) is 12.9. The molecule has 1 aromatic heterocycles. The molecule has 1 rings (SSSR count). The molecular formula is C10H19N3O3S. The van der Waals surface area contributed by atoms with Gasteiger partial charge in [0, 0.05) is 13.2 Å². The van der Waals surface area contributed by atoms with Crippen molar-refractivity contribution in [3.05, 3.63) is 12.3 Å². The standard InChI is InChI=1S/C10H19N3O3S/c1-10(2,5-3-7-14)8-12-17(15,16)9-4-6-11-13-9/h4,6,12,14H,3,5,7-8H2,1-2H3,(H,11,13). The first-order valence-electron chi connectivity index (χ1n) is 5.47. The minimum absolute atomic E-state index is 0.0652. The van der Waals surface area contributed by atoms with Gasteiger partial charge in [0.15, 0.2) is 5.03 Å². The fourth-order valence-electron chi connectivity index (χ4n) is 1.41. The maximum Gasteiger partial charge on any atom is 0.257 e. The van der Waals surface area contributed by atoms with Gasteiger partial charge >= 0.3 is 0 Å². The summed E-state index contributed by atoms with van der Waals surface area (Å²) in [4.78, 5) is 0. The lowest BCUT2D eigenvalue weighted by Gasteiger charge is -2.24. The number of hydrogen-bond acceptors (Lipinski definition) is 4. The minimum atomic E-state index is -3.51. The number of hydrogen-bond donors (Lipinski definition) is 3. The minimum Gasteiger partial charge on any atom is -0.396 e. The third kappa shape index (κ3) is 4.45. The van der Waals surface area contributed by atoms with E-state index in [-0.39, 0.29) is 17.0 Å². The second-order valence-corrected chi connectivity index (χ2v) is 6.47. The number of aliphatic hydroxyl groups excluding tert-OH is 1. The lowest BCUT2D eigenvalue weighted by molar-refractivity contribution is 0.242. The Hall–Kier alpha value is -0.920. The fraction of sp³-hybridized carbons (Fsp3) is 0.700. The van der Waals surface area contributed by atoms with Gasteiger partial charge in [-0.3, -0.25) is 5.10 Å². The molecule has 3 N–H and O–H groups in total. The van der Waals surface area contributed by atoms with Gasteiger partial charge in [0.1, 0.15) is 0 Å². The van der Waals surface area contributed by atoms with Crippen molar-refractivity contribution in [1.29, 1.82) is 0 Å². The number of H-pyrrole nitrogens is 1. The number of aliphatic hydroxyl groups is 1. The summed E-state index contributed by atoms with van der Waals surface area (Å²) in [7, 11) is -3.51. The first kappa shape index (κ1) is 14.1. The maximum absolute atomic E-state index is 11.8. The van der Waals surface area contributed by atoms with Crippen LogP contribution in [0.25, 0.3) is 0 Å². The van der Waals surface area contributed by atoms with Crippen LogP contribution in [0, 0.1) is 5.41 Å². The summed E-state index contributed by atoms with van der Waals surface area (Å²) in [5.74, 6) is 0. The molecule has 98 valence electrons. The van der Waals surface area contributed by atoms with Gasteiger partial charge in [0.05, 0.1) is 6.20 Å². The van der Waals surface area contributed by atoms with Crippen LogP contribution in [0.4, 0.5) is 0 Å². The summed E-state index contributed by atoms with van der Waals surface area (Å²) in [6, 6.07) is 1.41. The fourth-order valence-corrected chi connectivity index (χ4v) is 2.56. The van der Waals surface area contributed by atoms with Gasteiger partial charge in [-0.05, 0) is 24.3 Å². The highest BCUT2D eigenvalue weighted by molar-refractivity contribution is 7.89. The van der Waals surface area contributed by atoms with Crippen LogP contribution in [0.5, 0.6) is 0 Å². The van der Waals surface area contributed by atoms with Crippen molar-refractivity contribution in [2.75, 3.05) is 13.2 Å². The van der Waals surface area contributed by atoms with Crippen molar-refractivity contribution >= 4 is 10.0 Å². The number of nitrogens with one attached hydrogen (secondary N) is 2. The average molecular weight is 261 g/mol. The van der Waals surface area contributed by atoms with Crippen molar-refractivity contribution in [1.82, 2.24) is 14.9 Å². The van der Waals surface area contributed by atoms with Crippen LogP contribution >= 0.6 is 0 Å². The van der Waals surface area contributed by atoms with Crippen molar-refractivity contribution in [3.8, 4) is 0 Å². The maximum atomic E-state index is 11.8. The van der Waals surface area contributed by atoms with E-state index in [1.807, 2.05) is 13.8 Å². The molecule has 0 atom stereocenters. The molecule has 0 aliphatic rings. The number of sulfonamides is 1. The lowest BCUT2D eigenvalue weighted by atomic mass is 9.88. The van der Waals surface area contributed by atoms with Gasteiger partial charge in [-0.15, -0.1) is 0 Å². The smallest absolute Gasteiger partial charge is 0.257 e. The lowest BCUT2D eigenvalue weighted by Crippen LogP contribution is -2.34. The van der Waals surface area contributed by atoms with Crippen LogP contribution in [-0.4, -0.2) is 36.9 Å². The molecule has 0 aliphatic heterocycles. The molecule has 1 aromatic rings. The third-order valence-corrected chi connectivity index (χ3v) is 3.85. The monoisotopic (exact) mass is 261 g/mol. The molecule has 0 fully saturated rings. The van der Waals surface area contributed by atoms with E-state index in [4.69, 9.17) is 5.11 Å². The summed E-state index contributed by atoms with van der Waals surface area (Å²) in [6.45, 7) is 4.36. The summed E-state index contributed by atoms with van der Waals surface area (Å²) < 4.78 is 26.1. The van der Waals surface area contributed by atoms with E-state index in [9.17, 15) is 8.42 Å². The van der Waals surface area contributed by atoms with Crippen molar-refractivity contribution in [3.63, 3.8) is 0 Å². The molecule has 7 heteroatoms. The predicted octanol–water partition coefficient (Wildman–Crippen LogP) is 0.487. The number of nitrogens with zero attached hydrogens (tertiary/aromatic N) is 1. The molecular weight excluding hydrogens is 242 g/mol. The highest BCUT2D eigenvalue weighted by Gasteiger charge is 2.22. The molecule has 0 aromatic carbocycles. The number of rotatable bonds is 7. The zero-order valence-corrected chi connectivity index (χ0v) is 10.9. The summed E-state index contributed by atoms with van der Waals surface area (Å²) in [5.41, 5.74) is -0.185. The molecule has 0 unspecified atom stereocenters. The zero-order valence-electron chi connectivity index (χ0n) is 10.1.